The highest BCUT2D eigenvalue weighted by molar-refractivity contribution is 5.35. The van der Waals surface area contributed by atoms with Gasteiger partial charge in [-0.3, -0.25) is 4.90 Å². The average Bonchev–Trinajstić information content (AvgIpc) is 2.89. The van der Waals surface area contributed by atoms with Crippen LogP contribution in [0.25, 0.3) is 5.69 Å². The summed E-state index contributed by atoms with van der Waals surface area (Å²) in [5, 5.41) is 0. The molecule has 0 bridgehead atoms. The Morgan fingerprint density at radius 2 is 1.42 bits per heavy atom. The van der Waals surface area contributed by atoms with E-state index in [-0.39, 0.29) is 0 Å². The van der Waals surface area contributed by atoms with Crippen LogP contribution in [-0.4, -0.2) is 21.6 Å². The van der Waals surface area contributed by atoms with Gasteiger partial charge in [-0.15, -0.1) is 0 Å². The summed E-state index contributed by atoms with van der Waals surface area (Å²) < 4.78 is 2.13. The minimum absolute atomic E-state index is 0.573. The van der Waals surface area contributed by atoms with Crippen LogP contribution in [0.5, 0.6) is 0 Å². The van der Waals surface area contributed by atoms with Crippen molar-refractivity contribution in [2.75, 3.05) is 0 Å². The third-order valence-electron chi connectivity index (χ3n) is 3.53. The Morgan fingerprint density at radius 1 is 0.895 bits per heavy atom. The van der Waals surface area contributed by atoms with Gasteiger partial charge in [0.1, 0.15) is 0 Å². The number of rotatable bonds is 5. The van der Waals surface area contributed by atoms with Crippen molar-refractivity contribution >= 4 is 0 Å². The maximum absolute atomic E-state index is 2.50. The average molecular weight is 256 g/mol. The number of benzene rings is 1. The molecule has 0 spiro atoms. The van der Waals surface area contributed by atoms with Gasteiger partial charge >= 0.3 is 0 Å². The Hall–Kier alpha value is -1.54. The van der Waals surface area contributed by atoms with E-state index in [9.17, 15) is 0 Å². The zero-order chi connectivity index (χ0) is 13.8. The van der Waals surface area contributed by atoms with Crippen LogP contribution in [0.3, 0.4) is 0 Å². The minimum Gasteiger partial charge on any atom is -0.324 e. The fraction of sp³-hybridized carbons (Fsp3) is 0.412. The first kappa shape index (κ1) is 13.9. The molecule has 2 aromatic rings. The molecule has 102 valence electrons. The van der Waals surface area contributed by atoms with Crippen molar-refractivity contribution in [1.29, 1.82) is 0 Å². The minimum atomic E-state index is 0.573. The van der Waals surface area contributed by atoms with Gasteiger partial charge in [0.05, 0.1) is 0 Å². The maximum atomic E-state index is 2.50. The van der Waals surface area contributed by atoms with E-state index in [0.717, 1.165) is 6.54 Å². The summed E-state index contributed by atoms with van der Waals surface area (Å²) in [6, 6.07) is 14.1. The molecule has 0 unspecified atom stereocenters. The monoisotopic (exact) mass is 256 g/mol. The molecule has 2 nitrogen and oxygen atoms in total. The molecule has 2 rings (SSSR count). The highest BCUT2D eigenvalue weighted by atomic mass is 15.2. The van der Waals surface area contributed by atoms with Gasteiger partial charge in [-0.25, -0.2) is 0 Å². The van der Waals surface area contributed by atoms with Crippen LogP contribution in [0.1, 0.15) is 33.3 Å². The zero-order valence-corrected chi connectivity index (χ0v) is 12.4. The van der Waals surface area contributed by atoms with Crippen LogP contribution in [-0.2, 0) is 6.54 Å². The van der Waals surface area contributed by atoms with Crippen LogP contribution in [0.2, 0.25) is 0 Å². The lowest BCUT2D eigenvalue weighted by molar-refractivity contribution is 0.166. The molecule has 0 aliphatic carbocycles. The molecule has 1 heterocycles. The number of nitrogens with zero attached hydrogens (tertiary/aromatic N) is 2. The van der Waals surface area contributed by atoms with Gasteiger partial charge in [0.15, 0.2) is 0 Å². The second kappa shape index (κ2) is 6.07. The predicted molar refractivity (Wildman–Crippen MR) is 81.6 cm³/mol. The fourth-order valence-electron chi connectivity index (χ4n) is 2.45. The molecule has 0 N–H and O–H groups in total. The van der Waals surface area contributed by atoms with Crippen molar-refractivity contribution in [2.45, 2.75) is 46.3 Å². The van der Waals surface area contributed by atoms with E-state index in [2.05, 4.69) is 73.8 Å². The lowest BCUT2D eigenvalue weighted by atomic mass is 10.1. The van der Waals surface area contributed by atoms with Gasteiger partial charge in [-0.05, 0) is 57.5 Å². The SMILES string of the molecule is CC(C)N(Cc1ccc(-n2cccc2)cc1)C(C)C. The third kappa shape index (κ3) is 3.48. The molecule has 2 heteroatoms. The topological polar surface area (TPSA) is 8.17 Å². The molecular weight excluding hydrogens is 232 g/mol. The summed E-state index contributed by atoms with van der Waals surface area (Å²) in [5.41, 5.74) is 2.59. The molecule has 1 aromatic carbocycles. The van der Waals surface area contributed by atoms with Gasteiger partial charge in [-0.1, -0.05) is 12.1 Å². The second-order valence-corrected chi connectivity index (χ2v) is 5.62. The molecular formula is C17H24N2. The van der Waals surface area contributed by atoms with Gasteiger partial charge in [0.2, 0.25) is 0 Å². The molecule has 0 fully saturated rings. The summed E-state index contributed by atoms with van der Waals surface area (Å²) in [4.78, 5) is 2.50. The van der Waals surface area contributed by atoms with E-state index >= 15 is 0 Å². The number of hydrogen-bond donors (Lipinski definition) is 0. The van der Waals surface area contributed by atoms with Gasteiger partial charge in [-0.2, -0.15) is 0 Å². The largest absolute Gasteiger partial charge is 0.324 e. The lowest BCUT2D eigenvalue weighted by Gasteiger charge is -2.30. The van der Waals surface area contributed by atoms with Crippen molar-refractivity contribution in [2.24, 2.45) is 0 Å². The van der Waals surface area contributed by atoms with E-state index in [1.54, 1.807) is 0 Å². The van der Waals surface area contributed by atoms with Crippen molar-refractivity contribution in [3.63, 3.8) is 0 Å². The molecule has 1 aromatic heterocycles. The highest BCUT2D eigenvalue weighted by Crippen LogP contribution is 2.15. The smallest absolute Gasteiger partial charge is 0.0449 e. The first-order valence-electron chi connectivity index (χ1n) is 7.06. The Balaban J connectivity index is 2.10. The van der Waals surface area contributed by atoms with Crippen molar-refractivity contribution in [1.82, 2.24) is 9.47 Å². The van der Waals surface area contributed by atoms with E-state index in [1.165, 1.54) is 11.3 Å². The standard InChI is InChI=1S/C17H24N2/c1-14(2)19(15(3)4)13-16-7-9-17(10-8-16)18-11-5-6-12-18/h5-12,14-15H,13H2,1-4H3. The van der Waals surface area contributed by atoms with E-state index < -0.39 is 0 Å². The van der Waals surface area contributed by atoms with Crippen LogP contribution >= 0.6 is 0 Å². The van der Waals surface area contributed by atoms with E-state index in [4.69, 9.17) is 0 Å². The van der Waals surface area contributed by atoms with Crippen LogP contribution in [0.4, 0.5) is 0 Å². The van der Waals surface area contributed by atoms with Crippen molar-refractivity contribution in [3.05, 3.63) is 54.4 Å². The third-order valence-corrected chi connectivity index (χ3v) is 3.53. The van der Waals surface area contributed by atoms with Crippen LogP contribution in [0, 0.1) is 0 Å². The summed E-state index contributed by atoms with van der Waals surface area (Å²) in [7, 11) is 0. The lowest BCUT2D eigenvalue weighted by Crippen LogP contribution is -2.36. The van der Waals surface area contributed by atoms with Gasteiger partial charge in [0.25, 0.3) is 0 Å². The van der Waals surface area contributed by atoms with Gasteiger partial charge in [0, 0.05) is 36.7 Å². The van der Waals surface area contributed by atoms with Crippen molar-refractivity contribution < 1.29 is 0 Å². The molecule has 0 atom stereocenters. The molecule has 0 amide bonds. The summed E-state index contributed by atoms with van der Waals surface area (Å²) in [6.45, 7) is 10.0. The Bertz CT molecular complexity index is 472. The Morgan fingerprint density at radius 3 is 1.89 bits per heavy atom. The first-order valence-corrected chi connectivity index (χ1v) is 7.06. The molecule has 0 aliphatic heterocycles. The zero-order valence-electron chi connectivity index (χ0n) is 12.4. The van der Waals surface area contributed by atoms with Gasteiger partial charge < -0.3 is 4.57 Å². The summed E-state index contributed by atoms with van der Waals surface area (Å²) >= 11 is 0. The van der Waals surface area contributed by atoms with E-state index in [0.29, 0.717) is 12.1 Å². The van der Waals surface area contributed by atoms with Crippen LogP contribution in [0.15, 0.2) is 48.8 Å². The Labute approximate surface area is 116 Å². The first-order chi connectivity index (χ1) is 9.08. The quantitative estimate of drug-likeness (QED) is 0.782. The second-order valence-electron chi connectivity index (χ2n) is 5.62. The molecule has 0 aliphatic rings. The highest BCUT2D eigenvalue weighted by Gasteiger charge is 2.13. The molecule has 19 heavy (non-hydrogen) atoms. The molecule has 0 radical (unpaired) electrons. The number of aromatic nitrogens is 1. The Kier molecular flexibility index (Phi) is 4.43. The number of hydrogen-bond acceptors (Lipinski definition) is 1. The predicted octanol–water partition coefficient (Wildman–Crippen LogP) is 4.10. The van der Waals surface area contributed by atoms with E-state index in [1.807, 2.05) is 12.1 Å². The maximum Gasteiger partial charge on any atom is 0.0449 e. The van der Waals surface area contributed by atoms with Crippen molar-refractivity contribution in [3.8, 4) is 5.69 Å². The summed E-state index contributed by atoms with van der Waals surface area (Å²) in [6.07, 6.45) is 4.15. The molecule has 0 saturated heterocycles. The van der Waals surface area contributed by atoms with Crippen LogP contribution < -0.4 is 0 Å². The fourth-order valence-corrected chi connectivity index (χ4v) is 2.45. The summed E-state index contributed by atoms with van der Waals surface area (Å²) in [5.74, 6) is 0. The molecule has 0 saturated carbocycles. The normalized spacial score (nSPS) is 11.7.